The first kappa shape index (κ1) is 13.8. The van der Waals surface area contributed by atoms with Crippen molar-refractivity contribution in [3.8, 4) is 0 Å². The fraction of sp³-hybridized carbons (Fsp3) is 0.625. The van der Waals surface area contributed by atoms with Crippen molar-refractivity contribution in [2.24, 2.45) is 0 Å². The van der Waals surface area contributed by atoms with Gasteiger partial charge in [-0.1, -0.05) is 0 Å². The predicted octanol–water partition coefficient (Wildman–Crippen LogP) is 2.05. The summed E-state index contributed by atoms with van der Waals surface area (Å²) in [4.78, 5) is 0. The zero-order chi connectivity index (χ0) is 13.1. The minimum absolute atomic E-state index is 0.0633. The molecule has 0 aliphatic heterocycles. The molecule has 1 aromatic heterocycles. The van der Waals surface area contributed by atoms with E-state index >= 15 is 0 Å². The Morgan fingerprint density at radius 2 is 1.82 bits per heavy atom. The molecule has 0 spiro atoms. The van der Waals surface area contributed by atoms with E-state index in [2.05, 4.69) is 10.4 Å². The monoisotopic (exact) mass is 261 g/mol. The fourth-order valence-electron chi connectivity index (χ4n) is 1.06. The van der Waals surface area contributed by atoms with Crippen LogP contribution in [0.4, 0.5) is 26.3 Å². The van der Waals surface area contributed by atoms with Crippen LogP contribution in [0.5, 0.6) is 0 Å². The molecule has 1 rings (SSSR count). The molecular formula is C8H9F6N3. The summed E-state index contributed by atoms with van der Waals surface area (Å²) in [6, 6.07) is 0.768. The van der Waals surface area contributed by atoms with E-state index in [1.54, 1.807) is 0 Å². The third kappa shape index (κ3) is 5.07. The minimum atomic E-state index is -4.54. The second-order valence-electron chi connectivity index (χ2n) is 3.25. The molecular weight excluding hydrogens is 252 g/mol. The average molecular weight is 261 g/mol. The molecule has 0 unspecified atom stereocenters. The van der Waals surface area contributed by atoms with Crippen molar-refractivity contribution in [1.82, 2.24) is 15.1 Å². The molecule has 0 saturated carbocycles. The van der Waals surface area contributed by atoms with Crippen molar-refractivity contribution in [3.05, 3.63) is 18.0 Å². The van der Waals surface area contributed by atoms with Crippen molar-refractivity contribution in [3.63, 3.8) is 0 Å². The molecule has 1 N–H and O–H groups in total. The van der Waals surface area contributed by atoms with E-state index in [0.717, 1.165) is 16.9 Å². The number of rotatable bonds is 4. The van der Waals surface area contributed by atoms with E-state index in [1.165, 1.54) is 0 Å². The number of halogens is 6. The number of hydrogen-bond donors (Lipinski definition) is 1. The number of alkyl halides is 6. The lowest BCUT2D eigenvalue weighted by molar-refractivity contribution is -0.141. The van der Waals surface area contributed by atoms with Gasteiger partial charge in [0.2, 0.25) is 0 Å². The van der Waals surface area contributed by atoms with Gasteiger partial charge in [0, 0.05) is 12.7 Å². The van der Waals surface area contributed by atoms with Crippen molar-refractivity contribution in [2.45, 2.75) is 18.9 Å². The Balaban J connectivity index is 2.36. The van der Waals surface area contributed by atoms with Crippen LogP contribution in [0.1, 0.15) is 5.69 Å². The third-order valence-corrected chi connectivity index (χ3v) is 1.77. The van der Waals surface area contributed by atoms with Crippen LogP contribution in [0.2, 0.25) is 0 Å². The molecule has 3 nitrogen and oxygen atoms in total. The van der Waals surface area contributed by atoms with Crippen LogP contribution in [-0.4, -0.2) is 29.0 Å². The number of nitrogens with one attached hydrogen (secondary N) is 1. The molecule has 98 valence electrons. The van der Waals surface area contributed by atoms with Gasteiger partial charge in [-0.15, -0.1) is 0 Å². The number of nitrogens with zero attached hydrogens (tertiary/aromatic N) is 2. The Morgan fingerprint density at radius 3 is 2.29 bits per heavy atom. The van der Waals surface area contributed by atoms with E-state index in [-0.39, 0.29) is 13.1 Å². The summed E-state index contributed by atoms with van der Waals surface area (Å²) in [5, 5.41) is 5.24. The largest absolute Gasteiger partial charge is 0.435 e. The van der Waals surface area contributed by atoms with Crippen LogP contribution in [0.25, 0.3) is 0 Å². The van der Waals surface area contributed by atoms with Gasteiger partial charge in [-0.25, -0.2) is 0 Å². The Labute approximate surface area is 92.4 Å². The van der Waals surface area contributed by atoms with E-state index in [9.17, 15) is 26.3 Å². The average Bonchev–Trinajstić information content (AvgIpc) is 2.58. The quantitative estimate of drug-likeness (QED) is 0.664. The highest BCUT2D eigenvalue weighted by Gasteiger charge is 2.33. The molecule has 0 fully saturated rings. The third-order valence-electron chi connectivity index (χ3n) is 1.77. The Morgan fingerprint density at radius 1 is 1.18 bits per heavy atom. The van der Waals surface area contributed by atoms with Gasteiger partial charge in [0.05, 0.1) is 13.1 Å². The van der Waals surface area contributed by atoms with Gasteiger partial charge in [0.25, 0.3) is 0 Å². The molecule has 0 atom stereocenters. The van der Waals surface area contributed by atoms with Gasteiger partial charge in [0.1, 0.15) is 0 Å². The molecule has 0 aliphatic carbocycles. The van der Waals surface area contributed by atoms with Gasteiger partial charge < -0.3 is 5.32 Å². The van der Waals surface area contributed by atoms with Crippen molar-refractivity contribution < 1.29 is 26.3 Å². The Bertz CT molecular complexity index is 353. The van der Waals surface area contributed by atoms with Crippen LogP contribution in [0.15, 0.2) is 12.3 Å². The normalized spacial score (nSPS) is 13.1. The van der Waals surface area contributed by atoms with E-state index in [0.29, 0.717) is 0 Å². The van der Waals surface area contributed by atoms with Crippen LogP contribution in [0, 0.1) is 0 Å². The molecule has 0 saturated heterocycles. The highest BCUT2D eigenvalue weighted by molar-refractivity contribution is 5.03. The summed E-state index contributed by atoms with van der Waals surface area (Å²) < 4.78 is 72.4. The molecule has 0 aliphatic rings. The van der Waals surface area contributed by atoms with E-state index < -0.39 is 24.6 Å². The van der Waals surface area contributed by atoms with Crippen LogP contribution in [-0.2, 0) is 12.7 Å². The summed E-state index contributed by atoms with van der Waals surface area (Å²) in [6.45, 7) is -1.36. The Kier molecular flexibility index (Phi) is 4.02. The fourth-order valence-corrected chi connectivity index (χ4v) is 1.06. The molecule has 0 aromatic carbocycles. The molecule has 1 aromatic rings. The van der Waals surface area contributed by atoms with Crippen LogP contribution >= 0.6 is 0 Å². The first-order chi connectivity index (χ1) is 7.68. The molecule has 17 heavy (non-hydrogen) atoms. The van der Waals surface area contributed by atoms with Crippen molar-refractivity contribution in [2.75, 3.05) is 13.1 Å². The van der Waals surface area contributed by atoms with E-state index in [4.69, 9.17) is 0 Å². The topological polar surface area (TPSA) is 29.9 Å². The number of aromatic nitrogens is 2. The first-order valence-electron chi connectivity index (χ1n) is 4.56. The van der Waals surface area contributed by atoms with Gasteiger partial charge >= 0.3 is 12.4 Å². The minimum Gasteiger partial charge on any atom is -0.307 e. The summed E-state index contributed by atoms with van der Waals surface area (Å²) in [5.41, 5.74) is -1.06. The van der Waals surface area contributed by atoms with Gasteiger partial charge in [0.15, 0.2) is 5.69 Å². The van der Waals surface area contributed by atoms with Gasteiger partial charge in [-0.05, 0) is 6.07 Å². The van der Waals surface area contributed by atoms with Crippen molar-refractivity contribution >= 4 is 0 Å². The summed E-state index contributed by atoms with van der Waals surface area (Å²) in [7, 11) is 0. The molecule has 0 bridgehead atoms. The van der Waals surface area contributed by atoms with Gasteiger partial charge in [-0.3, -0.25) is 4.68 Å². The zero-order valence-corrected chi connectivity index (χ0v) is 8.44. The highest BCUT2D eigenvalue weighted by Crippen LogP contribution is 2.27. The maximum Gasteiger partial charge on any atom is 0.435 e. The molecule has 0 radical (unpaired) electrons. The lowest BCUT2D eigenvalue weighted by Gasteiger charge is -2.08. The second kappa shape index (κ2) is 4.94. The summed E-state index contributed by atoms with van der Waals surface area (Å²) in [5.74, 6) is 0. The maximum atomic E-state index is 12.1. The van der Waals surface area contributed by atoms with Gasteiger partial charge in [-0.2, -0.15) is 31.4 Å². The maximum absolute atomic E-state index is 12.1. The molecule has 9 heteroatoms. The van der Waals surface area contributed by atoms with Crippen LogP contribution < -0.4 is 5.32 Å². The highest BCUT2D eigenvalue weighted by atomic mass is 19.4. The van der Waals surface area contributed by atoms with Crippen LogP contribution in [0.3, 0.4) is 0 Å². The summed E-state index contributed by atoms with van der Waals surface area (Å²) >= 11 is 0. The predicted molar refractivity (Wildman–Crippen MR) is 46.2 cm³/mol. The Hall–Kier alpha value is -1.25. The van der Waals surface area contributed by atoms with E-state index in [1.807, 2.05) is 0 Å². The number of hydrogen-bond acceptors (Lipinski definition) is 2. The molecule has 1 heterocycles. The lowest BCUT2D eigenvalue weighted by Crippen LogP contribution is -2.31. The smallest absolute Gasteiger partial charge is 0.307 e. The molecule has 0 amide bonds. The second-order valence-corrected chi connectivity index (χ2v) is 3.25. The van der Waals surface area contributed by atoms with Crippen molar-refractivity contribution in [1.29, 1.82) is 0 Å². The SMILES string of the molecule is FC(F)(F)CNCCn1ccc(C(F)(F)F)n1. The summed E-state index contributed by atoms with van der Waals surface area (Å²) in [6.07, 6.45) is -7.80. The standard InChI is InChI=1S/C8H9F6N3/c9-7(10,11)5-15-2-4-17-3-1-6(16-17)8(12,13)14/h1,3,15H,2,4-5H2. The first-order valence-corrected chi connectivity index (χ1v) is 4.56. The zero-order valence-electron chi connectivity index (χ0n) is 8.44. The lowest BCUT2D eigenvalue weighted by atomic mass is 10.4.